The van der Waals surface area contributed by atoms with E-state index in [1.54, 1.807) is 10.9 Å². The molecule has 2 aromatic rings. The Morgan fingerprint density at radius 1 is 1.32 bits per heavy atom. The highest BCUT2D eigenvalue weighted by Gasteiger charge is 2.32. The molecule has 1 aromatic carbocycles. The molecule has 1 aromatic heterocycles. The number of carbonyl (C=O) groups is 1. The number of hydrogen-bond donors (Lipinski definition) is 1. The van der Waals surface area contributed by atoms with E-state index in [1.807, 2.05) is 49.1 Å². The Morgan fingerprint density at radius 3 is 2.76 bits per heavy atom. The quantitative estimate of drug-likeness (QED) is 0.906. The maximum atomic E-state index is 13.1. The fourth-order valence-electron chi connectivity index (χ4n) is 3.23. The smallest absolute Gasteiger partial charge is 0.278 e. The van der Waals surface area contributed by atoms with Crippen LogP contribution in [0.25, 0.3) is 5.69 Å². The molecule has 2 heterocycles. The largest absolute Gasteiger partial charge is 0.490 e. The molecule has 3 rings (SSSR count). The van der Waals surface area contributed by atoms with Gasteiger partial charge in [-0.05, 0) is 44.7 Å². The van der Waals surface area contributed by atoms with Crippen LogP contribution in [0.15, 0.2) is 36.5 Å². The summed E-state index contributed by atoms with van der Waals surface area (Å²) < 4.78 is 7.34. The van der Waals surface area contributed by atoms with E-state index < -0.39 is 0 Å². The minimum atomic E-state index is -0.135. The maximum Gasteiger partial charge on any atom is 0.278 e. The molecule has 0 bridgehead atoms. The van der Waals surface area contributed by atoms with Gasteiger partial charge in [0, 0.05) is 19.2 Å². The van der Waals surface area contributed by atoms with Gasteiger partial charge in [-0.2, -0.15) is 5.10 Å². The van der Waals surface area contributed by atoms with Gasteiger partial charge >= 0.3 is 0 Å². The minimum Gasteiger partial charge on any atom is -0.490 e. The van der Waals surface area contributed by atoms with Crippen LogP contribution in [0.3, 0.4) is 0 Å². The van der Waals surface area contributed by atoms with Gasteiger partial charge in [0.25, 0.3) is 5.91 Å². The van der Waals surface area contributed by atoms with E-state index in [0.717, 1.165) is 18.5 Å². The molecule has 1 amide bonds. The molecule has 0 radical (unpaired) electrons. The third-order valence-electron chi connectivity index (χ3n) is 4.70. The fraction of sp³-hybridized carbons (Fsp3) is 0.474. The number of rotatable bonds is 5. The Morgan fingerprint density at radius 2 is 2.08 bits per heavy atom. The number of hydrogen-bond acceptors (Lipinski definition) is 4. The lowest BCUT2D eigenvalue weighted by molar-refractivity contribution is 0.0479. The maximum absolute atomic E-state index is 13.1. The molecule has 0 aliphatic carbocycles. The summed E-state index contributed by atoms with van der Waals surface area (Å²) in [6.45, 7) is 5.06. The zero-order valence-electron chi connectivity index (χ0n) is 14.8. The number of piperidine rings is 1. The zero-order chi connectivity index (χ0) is 17.8. The van der Waals surface area contributed by atoms with Crippen molar-refractivity contribution in [1.82, 2.24) is 14.7 Å². The standard InChI is InChI=1S/C19H25N3O3/c1-3-25-17-12-22(16-7-5-4-6-8-16)20-18(17)19(24)21-11-15(13-23)10-9-14(21)2/h4-8,12,14-15,23H,3,9-11,13H2,1-2H3. The van der Waals surface area contributed by atoms with E-state index in [1.165, 1.54) is 0 Å². The number of para-hydroxylation sites is 1. The van der Waals surface area contributed by atoms with E-state index in [2.05, 4.69) is 5.10 Å². The highest BCUT2D eigenvalue weighted by atomic mass is 16.5. The van der Waals surface area contributed by atoms with Crippen molar-refractivity contribution in [2.24, 2.45) is 5.92 Å². The molecule has 1 N–H and O–H groups in total. The predicted molar refractivity (Wildman–Crippen MR) is 95.0 cm³/mol. The lowest BCUT2D eigenvalue weighted by Gasteiger charge is -2.37. The number of aliphatic hydroxyl groups excluding tert-OH is 1. The second-order valence-corrected chi connectivity index (χ2v) is 6.49. The van der Waals surface area contributed by atoms with Gasteiger partial charge in [0.2, 0.25) is 0 Å². The lowest BCUT2D eigenvalue weighted by Crippen LogP contribution is -2.46. The molecule has 1 saturated heterocycles. The summed E-state index contributed by atoms with van der Waals surface area (Å²) in [4.78, 5) is 14.9. The Labute approximate surface area is 148 Å². The minimum absolute atomic E-state index is 0.104. The molecule has 1 aliphatic heterocycles. The number of aromatic nitrogens is 2. The number of likely N-dealkylation sites (tertiary alicyclic amines) is 1. The van der Waals surface area contributed by atoms with E-state index in [9.17, 15) is 9.90 Å². The van der Waals surface area contributed by atoms with Gasteiger partial charge < -0.3 is 14.7 Å². The predicted octanol–water partition coefficient (Wildman–Crippen LogP) is 2.50. The van der Waals surface area contributed by atoms with Crippen LogP contribution in [0.4, 0.5) is 0 Å². The molecule has 25 heavy (non-hydrogen) atoms. The van der Waals surface area contributed by atoms with Gasteiger partial charge in [-0.25, -0.2) is 4.68 Å². The third-order valence-corrected chi connectivity index (χ3v) is 4.70. The van der Waals surface area contributed by atoms with Crippen LogP contribution >= 0.6 is 0 Å². The summed E-state index contributed by atoms with van der Waals surface area (Å²) in [5, 5.41) is 14.0. The molecule has 2 atom stereocenters. The van der Waals surface area contributed by atoms with Crippen LogP contribution in [0.5, 0.6) is 5.75 Å². The van der Waals surface area contributed by atoms with E-state index in [0.29, 0.717) is 24.6 Å². The number of aliphatic hydroxyl groups is 1. The summed E-state index contributed by atoms with van der Waals surface area (Å²) >= 11 is 0. The Hall–Kier alpha value is -2.34. The van der Waals surface area contributed by atoms with Crippen molar-refractivity contribution in [3.8, 4) is 11.4 Å². The van der Waals surface area contributed by atoms with Gasteiger partial charge in [0.1, 0.15) is 0 Å². The topological polar surface area (TPSA) is 67.6 Å². The number of nitrogens with zero attached hydrogens (tertiary/aromatic N) is 3. The Kier molecular flexibility index (Phi) is 5.38. The SMILES string of the molecule is CCOc1cn(-c2ccccc2)nc1C(=O)N1CC(CO)CCC1C. The van der Waals surface area contributed by atoms with E-state index >= 15 is 0 Å². The van der Waals surface area contributed by atoms with Crippen LogP contribution in [-0.4, -0.2) is 51.5 Å². The molecule has 6 heteroatoms. The van der Waals surface area contributed by atoms with E-state index in [-0.39, 0.29) is 24.5 Å². The first-order chi connectivity index (χ1) is 12.1. The second-order valence-electron chi connectivity index (χ2n) is 6.49. The van der Waals surface area contributed by atoms with Crippen molar-refractivity contribution in [1.29, 1.82) is 0 Å². The first kappa shape index (κ1) is 17.5. The number of ether oxygens (including phenoxy) is 1. The van der Waals surface area contributed by atoms with Gasteiger partial charge in [0.05, 0.1) is 18.5 Å². The number of carbonyl (C=O) groups excluding carboxylic acids is 1. The molecule has 134 valence electrons. The number of benzene rings is 1. The molecule has 0 saturated carbocycles. The van der Waals surface area contributed by atoms with Gasteiger partial charge in [-0.3, -0.25) is 4.79 Å². The van der Waals surface area contributed by atoms with Crippen molar-refractivity contribution in [3.63, 3.8) is 0 Å². The first-order valence-corrected chi connectivity index (χ1v) is 8.83. The molecule has 0 spiro atoms. The van der Waals surface area contributed by atoms with Crippen molar-refractivity contribution in [3.05, 3.63) is 42.2 Å². The van der Waals surface area contributed by atoms with Crippen molar-refractivity contribution < 1.29 is 14.6 Å². The highest BCUT2D eigenvalue weighted by molar-refractivity contribution is 5.95. The van der Waals surface area contributed by atoms with Gasteiger partial charge in [-0.15, -0.1) is 0 Å². The molecule has 1 fully saturated rings. The average Bonchev–Trinajstić information content (AvgIpc) is 3.07. The van der Waals surface area contributed by atoms with E-state index in [4.69, 9.17) is 4.74 Å². The summed E-state index contributed by atoms with van der Waals surface area (Å²) in [6.07, 6.45) is 3.59. The van der Waals surface area contributed by atoms with Crippen LogP contribution in [0.1, 0.15) is 37.2 Å². The molecule has 6 nitrogen and oxygen atoms in total. The Balaban J connectivity index is 1.92. The normalized spacial score (nSPS) is 20.5. The second kappa shape index (κ2) is 7.70. The molecular weight excluding hydrogens is 318 g/mol. The number of amides is 1. The summed E-state index contributed by atoms with van der Waals surface area (Å²) in [6, 6.07) is 9.79. The summed E-state index contributed by atoms with van der Waals surface area (Å²) in [5.41, 5.74) is 1.21. The fourth-order valence-corrected chi connectivity index (χ4v) is 3.23. The van der Waals surface area contributed by atoms with Gasteiger partial charge in [0.15, 0.2) is 11.4 Å². The summed E-state index contributed by atoms with van der Waals surface area (Å²) in [5.74, 6) is 0.491. The monoisotopic (exact) mass is 343 g/mol. The van der Waals surface area contributed by atoms with Crippen LogP contribution in [0.2, 0.25) is 0 Å². The molecule has 2 unspecified atom stereocenters. The first-order valence-electron chi connectivity index (χ1n) is 8.83. The highest BCUT2D eigenvalue weighted by Crippen LogP contribution is 2.27. The zero-order valence-corrected chi connectivity index (χ0v) is 14.8. The molecular formula is C19H25N3O3. The van der Waals surface area contributed by atoms with Crippen molar-refractivity contribution in [2.45, 2.75) is 32.7 Å². The lowest BCUT2D eigenvalue weighted by atomic mass is 9.94. The van der Waals surface area contributed by atoms with Crippen LogP contribution in [0, 0.1) is 5.92 Å². The van der Waals surface area contributed by atoms with Crippen LogP contribution in [-0.2, 0) is 0 Å². The summed E-state index contributed by atoms with van der Waals surface area (Å²) in [7, 11) is 0. The third kappa shape index (κ3) is 3.69. The molecule has 1 aliphatic rings. The Bertz CT molecular complexity index is 714. The average molecular weight is 343 g/mol. The van der Waals surface area contributed by atoms with Gasteiger partial charge in [-0.1, -0.05) is 18.2 Å². The van der Waals surface area contributed by atoms with Crippen LogP contribution < -0.4 is 4.74 Å². The van der Waals surface area contributed by atoms with Crippen molar-refractivity contribution in [2.75, 3.05) is 19.8 Å². The van der Waals surface area contributed by atoms with Crippen molar-refractivity contribution >= 4 is 5.91 Å².